The highest BCUT2D eigenvalue weighted by molar-refractivity contribution is 6.52. The third-order valence-electron chi connectivity index (χ3n) is 5.59. The van der Waals surface area contributed by atoms with E-state index in [0.717, 1.165) is 11.1 Å². The average Bonchev–Trinajstić information content (AvgIpc) is 3.07. The lowest BCUT2D eigenvalue weighted by Gasteiger charge is -2.27. The zero-order valence-electron chi connectivity index (χ0n) is 18.5. The number of Topliss-reactive ketones (excluding diaryl/α,β-unsaturated/α-hetero) is 1. The molecule has 33 heavy (non-hydrogen) atoms. The van der Waals surface area contributed by atoms with Gasteiger partial charge in [0.05, 0.1) is 23.2 Å². The van der Waals surface area contributed by atoms with Gasteiger partial charge in [0.15, 0.2) is 0 Å². The second-order valence-electron chi connectivity index (χ2n) is 7.81. The third kappa shape index (κ3) is 4.10. The maximum Gasteiger partial charge on any atom is 0.300 e. The van der Waals surface area contributed by atoms with E-state index >= 15 is 0 Å². The number of rotatable bonds is 5. The first kappa shape index (κ1) is 22.6. The third-order valence-corrected chi connectivity index (χ3v) is 5.92. The number of aryl methyl sites for hydroxylation is 2. The molecule has 7 heteroatoms. The van der Waals surface area contributed by atoms with Gasteiger partial charge >= 0.3 is 0 Å². The van der Waals surface area contributed by atoms with Gasteiger partial charge in [-0.1, -0.05) is 23.7 Å². The van der Waals surface area contributed by atoms with Crippen molar-refractivity contribution in [2.45, 2.75) is 26.8 Å². The topological polar surface area (TPSA) is 79.7 Å². The van der Waals surface area contributed by atoms with Gasteiger partial charge in [0.1, 0.15) is 11.5 Å². The van der Waals surface area contributed by atoms with Gasteiger partial charge in [-0.05, 0) is 73.9 Å². The van der Waals surface area contributed by atoms with Crippen LogP contribution < -0.4 is 9.64 Å². The van der Waals surface area contributed by atoms with Crippen LogP contribution in [0.5, 0.6) is 5.75 Å². The van der Waals surface area contributed by atoms with E-state index in [0.29, 0.717) is 23.6 Å². The molecule has 0 aliphatic carbocycles. The van der Waals surface area contributed by atoms with Crippen LogP contribution in [0.1, 0.15) is 35.2 Å². The van der Waals surface area contributed by atoms with E-state index in [4.69, 9.17) is 16.3 Å². The Balaban J connectivity index is 1.98. The van der Waals surface area contributed by atoms with E-state index in [1.807, 2.05) is 39.0 Å². The van der Waals surface area contributed by atoms with Crippen LogP contribution in [0, 0.1) is 13.8 Å². The number of ether oxygens (including phenoxy) is 1. The summed E-state index contributed by atoms with van der Waals surface area (Å²) in [6.45, 7) is 6.06. The molecule has 0 spiro atoms. The number of nitrogens with zero attached hydrogens (tertiary/aromatic N) is 2. The highest BCUT2D eigenvalue weighted by Gasteiger charge is 2.47. The number of hydrogen-bond donors (Lipinski definition) is 1. The van der Waals surface area contributed by atoms with Gasteiger partial charge in [-0.15, -0.1) is 0 Å². The zero-order valence-corrected chi connectivity index (χ0v) is 19.3. The summed E-state index contributed by atoms with van der Waals surface area (Å²) < 4.78 is 5.53. The molecule has 1 unspecified atom stereocenters. The summed E-state index contributed by atoms with van der Waals surface area (Å²) in [7, 11) is 0. The standard InChI is InChI=1S/C26H23ClN2O4/c1-4-33-18-7-8-20(27)19(14-18)24(30)22-23(17-9-11-28-12-10-17)29(26(32)25(22)31)21-13-15(2)5-6-16(21)3/h5-14,23,30H,4H2,1-3H3/b24-22+. The Labute approximate surface area is 197 Å². The summed E-state index contributed by atoms with van der Waals surface area (Å²) in [5.74, 6) is -1.36. The highest BCUT2D eigenvalue weighted by Crippen LogP contribution is 2.44. The van der Waals surface area contributed by atoms with Gasteiger partial charge in [0, 0.05) is 23.6 Å². The molecule has 0 saturated carbocycles. The van der Waals surface area contributed by atoms with Crippen LogP contribution in [-0.4, -0.2) is 28.4 Å². The molecule has 1 atom stereocenters. The average molecular weight is 463 g/mol. The SMILES string of the molecule is CCOc1ccc(Cl)c(/C(O)=C2\C(=O)C(=O)N(c3cc(C)ccc3C)C2c2ccncc2)c1. The van der Waals surface area contributed by atoms with Gasteiger partial charge in [0.2, 0.25) is 0 Å². The Bertz CT molecular complexity index is 1270. The first-order valence-electron chi connectivity index (χ1n) is 10.5. The van der Waals surface area contributed by atoms with Crippen molar-refractivity contribution >= 4 is 34.7 Å². The molecule has 1 aliphatic rings. The van der Waals surface area contributed by atoms with Crippen LogP contribution in [0.4, 0.5) is 5.69 Å². The molecule has 1 amide bonds. The molecule has 2 heterocycles. The summed E-state index contributed by atoms with van der Waals surface area (Å²) in [6, 6.07) is 13.1. The zero-order chi connectivity index (χ0) is 23.7. The van der Waals surface area contributed by atoms with Crippen molar-refractivity contribution in [1.29, 1.82) is 0 Å². The smallest absolute Gasteiger partial charge is 0.300 e. The lowest BCUT2D eigenvalue weighted by molar-refractivity contribution is -0.132. The minimum Gasteiger partial charge on any atom is -0.507 e. The van der Waals surface area contributed by atoms with E-state index in [1.165, 1.54) is 4.90 Å². The second-order valence-corrected chi connectivity index (χ2v) is 8.22. The summed E-state index contributed by atoms with van der Waals surface area (Å²) in [5.41, 5.74) is 3.20. The van der Waals surface area contributed by atoms with E-state index in [-0.39, 0.29) is 21.9 Å². The molecule has 1 aliphatic heterocycles. The number of aliphatic hydroxyl groups excluding tert-OH is 1. The highest BCUT2D eigenvalue weighted by atomic mass is 35.5. The quantitative estimate of drug-likeness (QED) is 0.313. The minimum absolute atomic E-state index is 0.0392. The number of anilines is 1. The van der Waals surface area contributed by atoms with Crippen molar-refractivity contribution in [3.63, 3.8) is 0 Å². The molecule has 1 aromatic heterocycles. The first-order chi connectivity index (χ1) is 15.8. The van der Waals surface area contributed by atoms with E-state index in [2.05, 4.69) is 4.98 Å². The minimum atomic E-state index is -0.847. The Morgan fingerprint density at radius 1 is 1.09 bits per heavy atom. The largest absolute Gasteiger partial charge is 0.507 e. The summed E-state index contributed by atoms with van der Waals surface area (Å²) in [6.07, 6.45) is 3.17. The predicted octanol–water partition coefficient (Wildman–Crippen LogP) is 5.38. The van der Waals surface area contributed by atoms with Gasteiger partial charge in [-0.3, -0.25) is 19.5 Å². The molecule has 2 aromatic carbocycles. The number of ketones is 1. The Morgan fingerprint density at radius 3 is 2.52 bits per heavy atom. The summed E-state index contributed by atoms with van der Waals surface area (Å²) in [4.78, 5) is 32.1. The molecule has 3 aromatic rings. The number of benzene rings is 2. The van der Waals surface area contributed by atoms with E-state index < -0.39 is 17.7 Å². The van der Waals surface area contributed by atoms with E-state index in [1.54, 1.807) is 42.7 Å². The number of hydrogen-bond acceptors (Lipinski definition) is 5. The van der Waals surface area contributed by atoms with Crippen LogP contribution in [0.25, 0.3) is 5.76 Å². The van der Waals surface area contributed by atoms with Gasteiger partial charge in [-0.25, -0.2) is 0 Å². The number of amides is 1. The number of pyridine rings is 1. The summed E-state index contributed by atoms with van der Waals surface area (Å²) in [5, 5.41) is 11.6. The van der Waals surface area contributed by atoms with Crippen molar-refractivity contribution in [1.82, 2.24) is 4.98 Å². The fourth-order valence-electron chi connectivity index (χ4n) is 4.01. The summed E-state index contributed by atoms with van der Waals surface area (Å²) >= 11 is 6.38. The molecular formula is C26H23ClN2O4. The monoisotopic (exact) mass is 462 g/mol. The van der Waals surface area contributed by atoms with Crippen molar-refractivity contribution in [3.8, 4) is 5.75 Å². The fourth-order valence-corrected chi connectivity index (χ4v) is 4.22. The predicted molar refractivity (Wildman–Crippen MR) is 128 cm³/mol. The van der Waals surface area contributed by atoms with Crippen molar-refractivity contribution in [3.05, 3.63) is 93.8 Å². The van der Waals surface area contributed by atoms with Crippen LogP contribution in [0.2, 0.25) is 5.02 Å². The molecule has 1 saturated heterocycles. The molecule has 4 rings (SSSR count). The molecule has 0 bridgehead atoms. The maximum absolute atomic E-state index is 13.3. The van der Waals surface area contributed by atoms with Crippen LogP contribution >= 0.6 is 11.6 Å². The molecule has 0 radical (unpaired) electrons. The van der Waals surface area contributed by atoms with Crippen LogP contribution in [0.3, 0.4) is 0 Å². The van der Waals surface area contributed by atoms with Gasteiger partial charge in [-0.2, -0.15) is 0 Å². The van der Waals surface area contributed by atoms with Crippen molar-refractivity contribution in [2.75, 3.05) is 11.5 Å². The lowest BCUT2D eigenvalue weighted by Crippen LogP contribution is -2.30. The number of carbonyl (C=O) groups excluding carboxylic acids is 2. The fraction of sp³-hybridized carbons (Fsp3) is 0.192. The first-order valence-corrected chi connectivity index (χ1v) is 10.9. The van der Waals surface area contributed by atoms with Gasteiger partial charge in [0.25, 0.3) is 11.7 Å². The molecule has 168 valence electrons. The molecule has 6 nitrogen and oxygen atoms in total. The number of carbonyl (C=O) groups is 2. The normalized spacial score (nSPS) is 17.5. The van der Waals surface area contributed by atoms with E-state index in [9.17, 15) is 14.7 Å². The lowest BCUT2D eigenvalue weighted by atomic mass is 9.95. The Hall–Kier alpha value is -3.64. The van der Waals surface area contributed by atoms with Crippen molar-refractivity contribution in [2.24, 2.45) is 0 Å². The van der Waals surface area contributed by atoms with Crippen LogP contribution in [0.15, 0.2) is 66.5 Å². The number of aromatic nitrogens is 1. The Kier molecular flexibility index (Phi) is 6.20. The molecular weight excluding hydrogens is 440 g/mol. The number of aliphatic hydroxyl groups is 1. The second kappa shape index (κ2) is 9.08. The maximum atomic E-state index is 13.3. The van der Waals surface area contributed by atoms with Crippen LogP contribution in [-0.2, 0) is 9.59 Å². The number of halogens is 1. The van der Waals surface area contributed by atoms with Crippen molar-refractivity contribution < 1.29 is 19.4 Å². The molecule has 1 fully saturated rings. The molecule has 1 N–H and O–H groups in total. The van der Waals surface area contributed by atoms with Gasteiger partial charge < -0.3 is 9.84 Å². The Morgan fingerprint density at radius 2 is 1.82 bits per heavy atom.